The molecule has 0 unspecified atom stereocenters. The summed E-state index contributed by atoms with van der Waals surface area (Å²) in [7, 11) is 0. The number of nitrogens with zero attached hydrogens (tertiary/aromatic N) is 4. The molecule has 1 aliphatic heterocycles. The van der Waals surface area contributed by atoms with E-state index in [9.17, 15) is 4.79 Å². The third kappa shape index (κ3) is 2.73. The fraction of sp³-hybridized carbons (Fsp3) is 0.389. The second-order valence-corrected chi connectivity index (χ2v) is 6.41. The molecule has 0 saturated carbocycles. The van der Waals surface area contributed by atoms with E-state index in [0.717, 1.165) is 37.3 Å². The van der Waals surface area contributed by atoms with Crippen molar-refractivity contribution in [2.24, 2.45) is 0 Å². The number of hydrogen-bond donors (Lipinski definition) is 1. The molecular weight excluding hydrogens is 302 g/mol. The zero-order valence-electron chi connectivity index (χ0n) is 13.7. The third-order valence-corrected chi connectivity index (χ3v) is 4.90. The molecule has 3 aromatic rings. The first-order chi connectivity index (χ1) is 11.7. The van der Waals surface area contributed by atoms with Crippen molar-refractivity contribution in [3.63, 3.8) is 0 Å². The van der Waals surface area contributed by atoms with E-state index in [1.54, 1.807) is 0 Å². The van der Waals surface area contributed by atoms with Gasteiger partial charge in [-0.2, -0.15) is 5.10 Å². The highest BCUT2D eigenvalue weighted by molar-refractivity contribution is 5.77. The van der Waals surface area contributed by atoms with E-state index in [1.807, 2.05) is 47.4 Å². The Kier molecular flexibility index (Phi) is 3.90. The summed E-state index contributed by atoms with van der Waals surface area (Å²) in [5.74, 6) is 0.742. The van der Waals surface area contributed by atoms with Crippen molar-refractivity contribution in [2.45, 2.75) is 38.4 Å². The maximum absolute atomic E-state index is 12.3. The minimum atomic E-state index is -0.0646. The lowest BCUT2D eigenvalue weighted by Crippen LogP contribution is -2.36. The summed E-state index contributed by atoms with van der Waals surface area (Å²) in [6, 6.07) is 9.92. The summed E-state index contributed by atoms with van der Waals surface area (Å²) in [6.45, 7) is 4.01. The minimum Gasteiger partial charge on any atom is -0.309 e. The fourth-order valence-electron chi connectivity index (χ4n) is 3.65. The SMILES string of the molecule is C[C@@H](c1nc2ccccc2c(=O)[nH]1)N1CCC[C@@H]1Cn1cccn1. The molecule has 24 heavy (non-hydrogen) atoms. The number of fused-ring (bicyclic) bond motifs is 1. The summed E-state index contributed by atoms with van der Waals surface area (Å²) in [6.07, 6.45) is 6.11. The van der Waals surface area contributed by atoms with Crippen LogP contribution in [0.5, 0.6) is 0 Å². The standard InChI is InChI=1S/C18H21N5O/c1-13(17-20-16-8-3-2-7-15(16)18(24)21-17)23-11-4-6-14(23)12-22-10-5-9-19-22/h2-3,5,7-10,13-14H,4,6,11-12H2,1H3,(H,20,21,24)/t13-,14+/m0/s1. The van der Waals surface area contributed by atoms with E-state index in [2.05, 4.69) is 21.9 Å². The van der Waals surface area contributed by atoms with Crippen LogP contribution < -0.4 is 5.56 Å². The summed E-state index contributed by atoms with van der Waals surface area (Å²) in [5, 5.41) is 4.96. The molecule has 6 nitrogen and oxygen atoms in total. The van der Waals surface area contributed by atoms with Gasteiger partial charge in [-0.15, -0.1) is 0 Å². The Morgan fingerprint density at radius 3 is 3.04 bits per heavy atom. The van der Waals surface area contributed by atoms with Gasteiger partial charge in [-0.3, -0.25) is 14.4 Å². The van der Waals surface area contributed by atoms with Gasteiger partial charge in [0.25, 0.3) is 5.56 Å². The van der Waals surface area contributed by atoms with Crippen LogP contribution in [-0.2, 0) is 6.54 Å². The third-order valence-electron chi connectivity index (χ3n) is 4.90. The second-order valence-electron chi connectivity index (χ2n) is 6.41. The zero-order valence-corrected chi connectivity index (χ0v) is 13.7. The Labute approximate surface area is 140 Å². The quantitative estimate of drug-likeness (QED) is 0.800. The first-order valence-corrected chi connectivity index (χ1v) is 8.44. The van der Waals surface area contributed by atoms with Gasteiger partial charge in [0.05, 0.1) is 23.5 Å². The summed E-state index contributed by atoms with van der Waals surface area (Å²) in [4.78, 5) is 22.4. The van der Waals surface area contributed by atoms with Crippen molar-refractivity contribution >= 4 is 10.9 Å². The van der Waals surface area contributed by atoms with Crippen LogP contribution >= 0.6 is 0 Å². The molecular formula is C18H21N5O. The maximum Gasteiger partial charge on any atom is 0.258 e. The first kappa shape index (κ1) is 15.1. The van der Waals surface area contributed by atoms with Gasteiger partial charge in [0.2, 0.25) is 0 Å². The van der Waals surface area contributed by atoms with Crippen LogP contribution in [0.15, 0.2) is 47.5 Å². The average Bonchev–Trinajstić information content (AvgIpc) is 3.26. The van der Waals surface area contributed by atoms with Crippen molar-refractivity contribution in [3.8, 4) is 0 Å². The summed E-state index contributed by atoms with van der Waals surface area (Å²) in [5.41, 5.74) is 0.691. The van der Waals surface area contributed by atoms with E-state index >= 15 is 0 Å². The number of para-hydroxylation sites is 1. The highest BCUT2D eigenvalue weighted by Crippen LogP contribution is 2.28. The second kappa shape index (κ2) is 6.20. The number of benzene rings is 1. The molecule has 1 fully saturated rings. The smallest absolute Gasteiger partial charge is 0.258 e. The summed E-state index contributed by atoms with van der Waals surface area (Å²) < 4.78 is 1.98. The molecule has 0 spiro atoms. The molecule has 1 saturated heterocycles. The fourth-order valence-corrected chi connectivity index (χ4v) is 3.65. The molecule has 4 rings (SSSR count). The van der Waals surface area contributed by atoms with Crippen molar-refractivity contribution in [3.05, 3.63) is 58.9 Å². The lowest BCUT2D eigenvalue weighted by molar-refractivity contribution is 0.167. The number of H-pyrrole nitrogens is 1. The van der Waals surface area contributed by atoms with Crippen molar-refractivity contribution in [1.82, 2.24) is 24.6 Å². The van der Waals surface area contributed by atoms with Gasteiger partial charge >= 0.3 is 0 Å². The molecule has 1 aromatic carbocycles. The molecule has 0 aliphatic carbocycles. The van der Waals surface area contributed by atoms with Crippen molar-refractivity contribution in [2.75, 3.05) is 6.54 Å². The first-order valence-electron chi connectivity index (χ1n) is 8.44. The Hall–Kier alpha value is -2.47. The van der Waals surface area contributed by atoms with E-state index in [1.165, 1.54) is 0 Å². The lowest BCUT2D eigenvalue weighted by atomic mass is 10.1. The maximum atomic E-state index is 12.3. The topological polar surface area (TPSA) is 66.8 Å². The molecule has 2 aromatic heterocycles. The molecule has 3 heterocycles. The predicted molar refractivity (Wildman–Crippen MR) is 92.7 cm³/mol. The monoisotopic (exact) mass is 323 g/mol. The van der Waals surface area contributed by atoms with Crippen LogP contribution in [0, 0.1) is 0 Å². The highest BCUT2D eigenvalue weighted by Gasteiger charge is 2.30. The molecule has 1 aliphatic rings. The molecule has 2 atom stereocenters. The molecule has 6 heteroatoms. The van der Waals surface area contributed by atoms with Gasteiger partial charge in [0, 0.05) is 18.4 Å². The van der Waals surface area contributed by atoms with Crippen molar-refractivity contribution in [1.29, 1.82) is 0 Å². The largest absolute Gasteiger partial charge is 0.309 e. The van der Waals surface area contributed by atoms with Crippen molar-refractivity contribution < 1.29 is 0 Å². The van der Waals surface area contributed by atoms with Crippen LogP contribution in [0.25, 0.3) is 10.9 Å². The normalized spacial score (nSPS) is 19.8. The Morgan fingerprint density at radius 1 is 1.33 bits per heavy atom. The lowest BCUT2D eigenvalue weighted by Gasteiger charge is -2.30. The Bertz CT molecular complexity index is 886. The van der Waals surface area contributed by atoms with Crippen LogP contribution in [0.3, 0.4) is 0 Å². The number of hydrogen-bond acceptors (Lipinski definition) is 4. The van der Waals surface area contributed by atoms with E-state index < -0.39 is 0 Å². The predicted octanol–water partition coefficient (Wildman–Crippen LogP) is 2.35. The van der Waals surface area contributed by atoms with Crippen LogP contribution in [0.2, 0.25) is 0 Å². The Balaban J connectivity index is 1.62. The molecule has 0 radical (unpaired) electrons. The molecule has 0 bridgehead atoms. The van der Waals surface area contributed by atoms with Gasteiger partial charge in [-0.1, -0.05) is 12.1 Å². The van der Waals surface area contributed by atoms with Crippen LogP contribution in [0.4, 0.5) is 0 Å². The molecule has 1 N–H and O–H groups in total. The number of aromatic nitrogens is 4. The van der Waals surface area contributed by atoms with E-state index in [4.69, 9.17) is 4.98 Å². The number of likely N-dealkylation sites (tertiary alicyclic amines) is 1. The van der Waals surface area contributed by atoms with Crippen LogP contribution in [-0.4, -0.2) is 37.2 Å². The van der Waals surface area contributed by atoms with Gasteiger partial charge in [0.1, 0.15) is 5.82 Å². The highest BCUT2D eigenvalue weighted by atomic mass is 16.1. The zero-order chi connectivity index (χ0) is 16.5. The molecule has 124 valence electrons. The summed E-state index contributed by atoms with van der Waals surface area (Å²) >= 11 is 0. The minimum absolute atomic E-state index is 0.0646. The number of aromatic amines is 1. The van der Waals surface area contributed by atoms with Gasteiger partial charge in [-0.25, -0.2) is 4.98 Å². The van der Waals surface area contributed by atoms with Gasteiger partial charge < -0.3 is 4.98 Å². The van der Waals surface area contributed by atoms with Gasteiger partial charge in [0.15, 0.2) is 0 Å². The van der Waals surface area contributed by atoms with E-state index in [0.29, 0.717) is 11.4 Å². The van der Waals surface area contributed by atoms with Gasteiger partial charge in [-0.05, 0) is 44.5 Å². The van der Waals surface area contributed by atoms with Crippen LogP contribution in [0.1, 0.15) is 31.6 Å². The number of rotatable bonds is 4. The number of nitrogens with one attached hydrogen (secondary N) is 1. The Morgan fingerprint density at radius 2 is 2.21 bits per heavy atom. The average molecular weight is 323 g/mol. The molecule has 0 amide bonds. The van der Waals surface area contributed by atoms with E-state index in [-0.39, 0.29) is 11.6 Å².